The molecular weight excluding hydrogens is 216 g/mol. The van der Waals surface area contributed by atoms with Gasteiger partial charge in [-0.15, -0.1) is 0 Å². The predicted molar refractivity (Wildman–Crippen MR) is 68.8 cm³/mol. The van der Waals surface area contributed by atoms with E-state index in [4.69, 9.17) is 10.5 Å². The summed E-state index contributed by atoms with van der Waals surface area (Å²) in [6, 6.07) is 7.03. The first-order chi connectivity index (χ1) is 7.78. The van der Waals surface area contributed by atoms with Crippen LogP contribution in [0, 0.1) is 0 Å². The molecule has 3 N–H and O–H groups in total. The van der Waals surface area contributed by atoms with E-state index in [9.17, 15) is 4.79 Å². The van der Waals surface area contributed by atoms with Crippen molar-refractivity contribution >= 4 is 11.6 Å². The Morgan fingerprint density at radius 1 is 1.41 bits per heavy atom. The van der Waals surface area contributed by atoms with E-state index in [1.807, 2.05) is 20.8 Å². The molecule has 1 aromatic rings. The SMILES string of the molecule is C[C@@H](Oc1cccc(N)c1)C(=O)NC(C)(C)C. The van der Waals surface area contributed by atoms with Crippen LogP contribution in [0.5, 0.6) is 5.75 Å². The maximum absolute atomic E-state index is 11.8. The standard InChI is InChI=1S/C13H20N2O2/c1-9(12(16)15-13(2,3)4)17-11-7-5-6-10(14)8-11/h5-9H,14H2,1-4H3,(H,15,16)/t9-/m1/s1. The number of rotatable bonds is 3. The van der Waals surface area contributed by atoms with Crippen LogP contribution in [0.2, 0.25) is 0 Å². The molecule has 0 aromatic heterocycles. The van der Waals surface area contributed by atoms with Crippen LogP contribution in [0.25, 0.3) is 0 Å². The molecule has 0 unspecified atom stereocenters. The summed E-state index contributed by atoms with van der Waals surface area (Å²) in [5.41, 5.74) is 5.99. The zero-order valence-corrected chi connectivity index (χ0v) is 10.8. The molecule has 0 radical (unpaired) electrons. The minimum atomic E-state index is -0.545. The Morgan fingerprint density at radius 2 is 2.06 bits per heavy atom. The number of amides is 1. The summed E-state index contributed by atoms with van der Waals surface area (Å²) >= 11 is 0. The van der Waals surface area contributed by atoms with Gasteiger partial charge in [-0.2, -0.15) is 0 Å². The smallest absolute Gasteiger partial charge is 0.261 e. The molecular formula is C13H20N2O2. The van der Waals surface area contributed by atoms with Crippen LogP contribution in [0.1, 0.15) is 27.7 Å². The number of nitrogen functional groups attached to an aromatic ring is 1. The summed E-state index contributed by atoms with van der Waals surface area (Å²) in [7, 11) is 0. The van der Waals surface area contributed by atoms with Gasteiger partial charge in [-0.25, -0.2) is 0 Å². The topological polar surface area (TPSA) is 64.3 Å². The molecule has 94 valence electrons. The largest absolute Gasteiger partial charge is 0.481 e. The van der Waals surface area contributed by atoms with Crippen LogP contribution in [0.3, 0.4) is 0 Å². The first kappa shape index (κ1) is 13.4. The molecule has 0 spiro atoms. The van der Waals surface area contributed by atoms with Crippen LogP contribution >= 0.6 is 0 Å². The van der Waals surface area contributed by atoms with E-state index in [1.165, 1.54) is 0 Å². The molecule has 0 aliphatic heterocycles. The minimum Gasteiger partial charge on any atom is -0.481 e. The predicted octanol–water partition coefficient (Wildman–Crippen LogP) is 1.95. The molecule has 1 aromatic carbocycles. The summed E-state index contributed by atoms with van der Waals surface area (Å²) in [5.74, 6) is 0.460. The van der Waals surface area contributed by atoms with Crippen molar-refractivity contribution in [3.63, 3.8) is 0 Å². The lowest BCUT2D eigenvalue weighted by Crippen LogP contribution is -2.46. The normalized spacial score (nSPS) is 12.9. The average molecular weight is 236 g/mol. The van der Waals surface area contributed by atoms with E-state index < -0.39 is 6.10 Å². The van der Waals surface area contributed by atoms with Crippen LogP contribution in [0.15, 0.2) is 24.3 Å². The van der Waals surface area contributed by atoms with E-state index in [1.54, 1.807) is 31.2 Å². The summed E-state index contributed by atoms with van der Waals surface area (Å²) in [4.78, 5) is 11.8. The summed E-state index contributed by atoms with van der Waals surface area (Å²) in [5, 5.41) is 2.86. The van der Waals surface area contributed by atoms with E-state index in [0.717, 1.165) is 0 Å². The molecule has 1 amide bonds. The van der Waals surface area contributed by atoms with Crippen molar-refractivity contribution < 1.29 is 9.53 Å². The summed E-state index contributed by atoms with van der Waals surface area (Å²) in [6.07, 6.45) is -0.545. The molecule has 0 saturated heterocycles. The zero-order chi connectivity index (χ0) is 13.1. The molecule has 0 fully saturated rings. The Kier molecular flexibility index (Phi) is 3.99. The number of nitrogens with one attached hydrogen (secondary N) is 1. The van der Waals surface area contributed by atoms with Gasteiger partial charge in [-0.3, -0.25) is 4.79 Å². The first-order valence-corrected chi connectivity index (χ1v) is 5.62. The third-order valence-corrected chi connectivity index (χ3v) is 2.04. The maximum Gasteiger partial charge on any atom is 0.261 e. The van der Waals surface area contributed by atoms with Gasteiger partial charge in [0.2, 0.25) is 0 Å². The fraction of sp³-hybridized carbons (Fsp3) is 0.462. The van der Waals surface area contributed by atoms with Crippen molar-refractivity contribution in [2.75, 3.05) is 5.73 Å². The molecule has 0 aliphatic carbocycles. The van der Waals surface area contributed by atoms with Gasteiger partial charge in [-0.05, 0) is 39.8 Å². The van der Waals surface area contributed by atoms with Crippen LogP contribution < -0.4 is 15.8 Å². The van der Waals surface area contributed by atoms with Gasteiger partial charge in [0.05, 0.1) is 0 Å². The van der Waals surface area contributed by atoms with Crippen molar-refractivity contribution in [1.82, 2.24) is 5.32 Å². The van der Waals surface area contributed by atoms with Gasteiger partial charge >= 0.3 is 0 Å². The van der Waals surface area contributed by atoms with E-state index in [2.05, 4.69) is 5.32 Å². The van der Waals surface area contributed by atoms with Crippen molar-refractivity contribution in [3.05, 3.63) is 24.3 Å². The highest BCUT2D eigenvalue weighted by molar-refractivity contribution is 5.81. The molecule has 0 heterocycles. The molecule has 1 rings (SSSR count). The van der Waals surface area contributed by atoms with Crippen LogP contribution in [-0.4, -0.2) is 17.6 Å². The van der Waals surface area contributed by atoms with E-state index in [-0.39, 0.29) is 11.4 Å². The number of nitrogens with two attached hydrogens (primary N) is 1. The van der Waals surface area contributed by atoms with Crippen molar-refractivity contribution in [2.45, 2.75) is 39.3 Å². The Labute approximate surface area is 102 Å². The van der Waals surface area contributed by atoms with Crippen LogP contribution in [-0.2, 0) is 4.79 Å². The zero-order valence-electron chi connectivity index (χ0n) is 10.8. The highest BCUT2D eigenvalue weighted by Gasteiger charge is 2.20. The Hall–Kier alpha value is -1.71. The Balaban J connectivity index is 2.60. The van der Waals surface area contributed by atoms with Crippen molar-refractivity contribution in [3.8, 4) is 5.75 Å². The lowest BCUT2D eigenvalue weighted by Gasteiger charge is -2.23. The lowest BCUT2D eigenvalue weighted by atomic mass is 10.1. The maximum atomic E-state index is 11.8. The number of benzene rings is 1. The fourth-order valence-electron chi connectivity index (χ4n) is 1.32. The number of ether oxygens (including phenoxy) is 1. The molecule has 17 heavy (non-hydrogen) atoms. The monoisotopic (exact) mass is 236 g/mol. The fourth-order valence-corrected chi connectivity index (χ4v) is 1.32. The average Bonchev–Trinajstić information content (AvgIpc) is 2.14. The van der Waals surface area contributed by atoms with Gasteiger partial charge in [0.25, 0.3) is 5.91 Å². The summed E-state index contributed by atoms with van der Waals surface area (Å²) in [6.45, 7) is 7.50. The highest BCUT2D eigenvalue weighted by atomic mass is 16.5. The number of hydrogen-bond donors (Lipinski definition) is 2. The van der Waals surface area contributed by atoms with Gasteiger partial charge in [0.1, 0.15) is 5.75 Å². The molecule has 4 heteroatoms. The third kappa shape index (κ3) is 4.76. The molecule has 0 saturated carbocycles. The number of carbonyl (C=O) groups excluding carboxylic acids is 1. The quantitative estimate of drug-likeness (QED) is 0.788. The Bertz CT molecular complexity index is 397. The van der Waals surface area contributed by atoms with Gasteiger partial charge in [-0.1, -0.05) is 6.07 Å². The minimum absolute atomic E-state index is 0.139. The highest BCUT2D eigenvalue weighted by Crippen LogP contribution is 2.16. The van der Waals surface area contributed by atoms with Crippen LogP contribution in [0.4, 0.5) is 5.69 Å². The molecule has 4 nitrogen and oxygen atoms in total. The van der Waals surface area contributed by atoms with Gasteiger partial charge < -0.3 is 15.8 Å². The second-order valence-electron chi connectivity index (χ2n) is 5.07. The van der Waals surface area contributed by atoms with Gasteiger partial charge in [0, 0.05) is 17.3 Å². The van der Waals surface area contributed by atoms with E-state index >= 15 is 0 Å². The van der Waals surface area contributed by atoms with Crippen molar-refractivity contribution in [1.29, 1.82) is 0 Å². The lowest BCUT2D eigenvalue weighted by molar-refractivity contribution is -0.128. The number of hydrogen-bond acceptors (Lipinski definition) is 3. The molecule has 0 bridgehead atoms. The first-order valence-electron chi connectivity index (χ1n) is 5.62. The third-order valence-electron chi connectivity index (χ3n) is 2.04. The van der Waals surface area contributed by atoms with E-state index in [0.29, 0.717) is 11.4 Å². The second-order valence-corrected chi connectivity index (χ2v) is 5.07. The Morgan fingerprint density at radius 3 is 2.59 bits per heavy atom. The number of anilines is 1. The second kappa shape index (κ2) is 5.08. The van der Waals surface area contributed by atoms with Crippen molar-refractivity contribution in [2.24, 2.45) is 0 Å². The molecule has 1 atom stereocenters. The molecule has 0 aliphatic rings. The summed E-state index contributed by atoms with van der Waals surface area (Å²) < 4.78 is 5.51. The number of carbonyl (C=O) groups is 1. The van der Waals surface area contributed by atoms with Gasteiger partial charge in [0.15, 0.2) is 6.10 Å².